The van der Waals surface area contributed by atoms with E-state index in [1.807, 2.05) is 0 Å². The van der Waals surface area contributed by atoms with E-state index >= 15 is 0 Å². The lowest BCUT2D eigenvalue weighted by Gasteiger charge is -1.97. The van der Waals surface area contributed by atoms with Gasteiger partial charge in [0, 0.05) is 29.7 Å². The van der Waals surface area contributed by atoms with E-state index in [4.69, 9.17) is 8.83 Å². The minimum absolute atomic E-state index is 0.0172. The molecule has 4 rings (SSSR count). The lowest BCUT2D eigenvalue weighted by molar-refractivity contribution is -0.394. The Kier molecular flexibility index (Phi) is 3.96. The van der Waals surface area contributed by atoms with Gasteiger partial charge in [-0.25, -0.2) is 0 Å². The van der Waals surface area contributed by atoms with Crippen LogP contribution in [0.25, 0.3) is 34.1 Å². The topological polar surface area (TPSA) is 181 Å². The fraction of sp³-hybridized carbons (Fsp3) is 0. The zero-order valence-electron chi connectivity index (χ0n) is 14.0. The molecule has 144 valence electrons. The first-order valence-electron chi connectivity index (χ1n) is 7.78. The molecule has 0 saturated carbocycles. The zero-order valence-corrected chi connectivity index (χ0v) is 14.0. The fourth-order valence-corrected chi connectivity index (χ4v) is 2.62. The van der Waals surface area contributed by atoms with E-state index in [0.29, 0.717) is 11.0 Å². The monoisotopic (exact) mass is 397 g/mol. The van der Waals surface area contributed by atoms with Gasteiger partial charge in [0.25, 0.3) is 23.0 Å². The summed E-state index contributed by atoms with van der Waals surface area (Å²) < 4.78 is 11.0. The van der Waals surface area contributed by atoms with Gasteiger partial charge >= 0.3 is 0 Å². The minimum atomic E-state index is -0.778. The Hall–Kier alpha value is -4.68. The van der Waals surface area contributed by atoms with Gasteiger partial charge in [0.05, 0.1) is 26.4 Å². The highest BCUT2D eigenvalue weighted by Crippen LogP contribution is 2.33. The smallest absolute Gasteiger partial charge is 0.283 e. The normalized spacial score (nSPS) is 10.9. The third kappa shape index (κ3) is 3.23. The number of nitro benzene ring substituents is 3. The third-order valence-electron chi connectivity index (χ3n) is 3.92. The molecule has 0 fully saturated rings. The number of aromatic nitrogens is 2. The van der Waals surface area contributed by atoms with Crippen LogP contribution in [0.5, 0.6) is 0 Å². The van der Waals surface area contributed by atoms with Crippen LogP contribution in [0.1, 0.15) is 0 Å². The van der Waals surface area contributed by atoms with Crippen molar-refractivity contribution < 1.29 is 23.6 Å². The standard InChI is InChI=1S/C16H7N5O8/c22-19(23)10-1-2-13-8(3-10)6-14(28-13)16-18-17-15(29-16)9-4-11(20(24)25)7-12(5-9)21(26)27/h1-7H. The molecule has 2 aromatic heterocycles. The third-order valence-corrected chi connectivity index (χ3v) is 3.92. The summed E-state index contributed by atoms with van der Waals surface area (Å²) in [5, 5.41) is 40.9. The molecule has 0 aliphatic carbocycles. The average molecular weight is 397 g/mol. The van der Waals surface area contributed by atoms with Gasteiger partial charge in [0.15, 0.2) is 5.76 Å². The van der Waals surface area contributed by atoms with Crippen LogP contribution in [0.4, 0.5) is 17.1 Å². The second-order valence-corrected chi connectivity index (χ2v) is 5.75. The summed E-state index contributed by atoms with van der Waals surface area (Å²) in [6.45, 7) is 0. The van der Waals surface area contributed by atoms with Crippen LogP contribution in [0.15, 0.2) is 51.3 Å². The van der Waals surface area contributed by atoms with Crippen LogP contribution in [0.2, 0.25) is 0 Å². The predicted octanol–water partition coefficient (Wildman–Crippen LogP) is 3.87. The molecule has 0 N–H and O–H groups in total. The van der Waals surface area contributed by atoms with Gasteiger partial charge in [-0.15, -0.1) is 10.2 Å². The molecule has 13 nitrogen and oxygen atoms in total. The number of hydrogen-bond donors (Lipinski definition) is 0. The van der Waals surface area contributed by atoms with E-state index in [-0.39, 0.29) is 28.8 Å². The van der Waals surface area contributed by atoms with Crippen LogP contribution in [-0.2, 0) is 0 Å². The quantitative estimate of drug-likeness (QED) is 0.354. The molecule has 0 bridgehead atoms. The Balaban J connectivity index is 1.75. The summed E-state index contributed by atoms with van der Waals surface area (Å²) in [6, 6.07) is 8.39. The molecule has 0 amide bonds. The zero-order chi connectivity index (χ0) is 20.7. The number of benzene rings is 2. The number of non-ortho nitro benzene ring substituents is 3. The maximum Gasteiger partial charge on any atom is 0.283 e. The molecule has 0 unspecified atom stereocenters. The Bertz CT molecular complexity index is 1280. The summed E-state index contributed by atoms with van der Waals surface area (Å²) >= 11 is 0. The van der Waals surface area contributed by atoms with Crippen LogP contribution in [-0.4, -0.2) is 25.0 Å². The van der Waals surface area contributed by atoms with E-state index in [0.717, 1.165) is 18.2 Å². The Morgan fingerprint density at radius 1 is 0.690 bits per heavy atom. The van der Waals surface area contributed by atoms with Crippen LogP contribution in [0.3, 0.4) is 0 Å². The molecule has 2 aromatic carbocycles. The average Bonchev–Trinajstić information content (AvgIpc) is 3.33. The number of rotatable bonds is 5. The molecular formula is C16H7N5O8. The molecule has 13 heteroatoms. The number of furan rings is 1. The van der Waals surface area contributed by atoms with Crippen molar-refractivity contribution in [3.8, 4) is 23.1 Å². The molecule has 0 radical (unpaired) electrons. The summed E-state index contributed by atoms with van der Waals surface area (Å²) in [7, 11) is 0. The van der Waals surface area contributed by atoms with E-state index in [2.05, 4.69) is 10.2 Å². The van der Waals surface area contributed by atoms with Gasteiger partial charge < -0.3 is 8.83 Å². The maximum absolute atomic E-state index is 11.0. The van der Waals surface area contributed by atoms with Crippen molar-refractivity contribution in [2.24, 2.45) is 0 Å². The summed E-state index contributed by atoms with van der Waals surface area (Å²) in [5.41, 5.74) is -0.817. The first kappa shape index (κ1) is 17.7. The van der Waals surface area contributed by atoms with E-state index in [1.54, 1.807) is 0 Å². The maximum atomic E-state index is 11.0. The van der Waals surface area contributed by atoms with Gasteiger partial charge in [-0.2, -0.15) is 0 Å². The highest BCUT2D eigenvalue weighted by molar-refractivity contribution is 5.83. The number of fused-ring (bicyclic) bond motifs is 1. The molecule has 0 spiro atoms. The largest absolute Gasteiger partial charge is 0.451 e. The molecule has 4 aromatic rings. The van der Waals surface area contributed by atoms with Gasteiger partial charge in [-0.3, -0.25) is 30.3 Å². The van der Waals surface area contributed by atoms with Crippen molar-refractivity contribution in [3.05, 3.63) is 72.8 Å². The van der Waals surface area contributed by atoms with Crippen molar-refractivity contribution in [2.75, 3.05) is 0 Å². The van der Waals surface area contributed by atoms with Crippen molar-refractivity contribution >= 4 is 28.0 Å². The van der Waals surface area contributed by atoms with Crippen LogP contribution < -0.4 is 0 Å². The molecule has 0 aliphatic rings. The summed E-state index contributed by atoms with van der Waals surface area (Å²) in [4.78, 5) is 30.8. The van der Waals surface area contributed by atoms with E-state index in [1.165, 1.54) is 24.3 Å². The van der Waals surface area contributed by atoms with Crippen molar-refractivity contribution in [3.63, 3.8) is 0 Å². The lowest BCUT2D eigenvalue weighted by atomic mass is 10.2. The number of nitrogens with zero attached hydrogens (tertiary/aromatic N) is 5. The molecule has 29 heavy (non-hydrogen) atoms. The van der Waals surface area contributed by atoms with Crippen LogP contribution in [0, 0.1) is 30.3 Å². The van der Waals surface area contributed by atoms with Gasteiger partial charge in [0.1, 0.15) is 5.58 Å². The number of nitro groups is 3. The Morgan fingerprint density at radius 2 is 1.31 bits per heavy atom. The second kappa shape index (κ2) is 6.49. The second-order valence-electron chi connectivity index (χ2n) is 5.75. The number of hydrogen-bond acceptors (Lipinski definition) is 10. The Labute approximate surface area is 158 Å². The highest BCUT2D eigenvalue weighted by Gasteiger charge is 2.21. The highest BCUT2D eigenvalue weighted by atomic mass is 16.6. The predicted molar refractivity (Wildman–Crippen MR) is 94.9 cm³/mol. The van der Waals surface area contributed by atoms with Crippen molar-refractivity contribution in [1.82, 2.24) is 10.2 Å². The van der Waals surface area contributed by atoms with Gasteiger partial charge in [-0.1, -0.05) is 0 Å². The molecule has 2 heterocycles. The SMILES string of the molecule is O=[N+]([O-])c1cc(-c2nnc(-c3cc4cc([N+](=O)[O-])ccc4o3)o2)cc([N+](=O)[O-])c1. The van der Waals surface area contributed by atoms with E-state index < -0.39 is 26.1 Å². The Morgan fingerprint density at radius 3 is 1.93 bits per heavy atom. The van der Waals surface area contributed by atoms with Gasteiger partial charge in [-0.05, 0) is 12.1 Å². The summed E-state index contributed by atoms with van der Waals surface area (Å²) in [6.07, 6.45) is 0. The molecule has 0 aliphatic heterocycles. The molecule has 0 atom stereocenters. The van der Waals surface area contributed by atoms with Crippen molar-refractivity contribution in [2.45, 2.75) is 0 Å². The molecular weight excluding hydrogens is 390 g/mol. The minimum Gasteiger partial charge on any atom is -0.451 e. The first-order valence-corrected chi connectivity index (χ1v) is 7.78. The van der Waals surface area contributed by atoms with Crippen LogP contribution >= 0.6 is 0 Å². The lowest BCUT2D eigenvalue weighted by Crippen LogP contribution is -1.94. The van der Waals surface area contributed by atoms with E-state index in [9.17, 15) is 30.3 Å². The first-order chi connectivity index (χ1) is 13.8. The van der Waals surface area contributed by atoms with Crippen molar-refractivity contribution in [1.29, 1.82) is 0 Å². The summed E-state index contributed by atoms with van der Waals surface area (Å²) in [5.74, 6) is -0.189. The fourth-order valence-electron chi connectivity index (χ4n) is 2.62. The van der Waals surface area contributed by atoms with Gasteiger partial charge in [0.2, 0.25) is 5.89 Å². The molecule has 0 saturated heterocycles.